The summed E-state index contributed by atoms with van der Waals surface area (Å²) in [5.74, 6) is 0. The molecule has 0 bridgehead atoms. The summed E-state index contributed by atoms with van der Waals surface area (Å²) in [6, 6.07) is 0. The molecular weight excluding hydrogens is 168 g/mol. The average molecular weight is 179 g/mol. The standard InChI is InChI=1S/C6H10N2S.ClH/c1-5-8-4-6(9-5)3-7-2;/h4,7H,3H2,1-2H3;1H. The van der Waals surface area contributed by atoms with E-state index < -0.39 is 0 Å². The molecule has 0 unspecified atom stereocenters. The molecular formula is C6H11ClN2S. The summed E-state index contributed by atoms with van der Waals surface area (Å²) in [6.45, 7) is 2.95. The quantitative estimate of drug-likeness (QED) is 0.744. The van der Waals surface area contributed by atoms with Crippen molar-refractivity contribution in [3.8, 4) is 0 Å². The zero-order chi connectivity index (χ0) is 6.69. The Kier molecular flexibility index (Phi) is 4.60. The average Bonchev–Trinajstić information content (AvgIpc) is 2.17. The van der Waals surface area contributed by atoms with Gasteiger partial charge in [-0.05, 0) is 14.0 Å². The van der Waals surface area contributed by atoms with Gasteiger partial charge in [-0.25, -0.2) is 4.98 Å². The first-order valence-corrected chi connectivity index (χ1v) is 3.70. The minimum atomic E-state index is 0. The lowest BCUT2D eigenvalue weighted by Crippen LogP contribution is -2.02. The molecule has 0 aliphatic carbocycles. The lowest BCUT2D eigenvalue weighted by Gasteiger charge is -1.88. The molecule has 58 valence electrons. The van der Waals surface area contributed by atoms with Crippen LogP contribution >= 0.6 is 23.7 Å². The molecule has 0 aromatic carbocycles. The Balaban J connectivity index is 0.000000810. The summed E-state index contributed by atoms with van der Waals surface area (Å²) in [4.78, 5) is 5.41. The van der Waals surface area contributed by atoms with Crippen LogP contribution in [0.3, 0.4) is 0 Å². The first-order valence-electron chi connectivity index (χ1n) is 2.89. The molecule has 1 rings (SSSR count). The van der Waals surface area contributed by atoms with E-state index in [0.29, 0.717) is 0 Å². The van der Waals surface area contributed by atoms with Gasteiger partial charge in [0.1, 0.15) is 0 Å². The minimum absolute atomic E-state index is 0. The SMILES string of the molecule is CNCc1cnc(C)s1.Cl. The summed E-state index contributed by atoms with van der Waals surface area (Å²) in [5, 5.41) is 4.21. The second-order valence-electron chi connectivity index (χ2n) is 1.88. The van der Waals surface area contributed by atoms with Crippen molar-refractivity contribution in [1.82, 2.24) is 10.3 Å². The van der Waals surface area contributed by atoms with Crippen LogP contribution in [0.1, 0.15) is 9.88 Å². The number of halogens is 1. The van der Waals surface area contributed by atoms with Gasteiger partial charge in [-0.3, -0.25) is 0 Å². The summed E-state index contributed by atoms with van der Waals surface area (Å²) in [7, 11) is 1.94. The highest BCUT2D eigenvalue weighted by Gasteiger charge is 1.93. The van der Waals surface area contributed by atoms with Gasteiger partial charge in [0.2, 0.25) is 0 Å². The van der Waals surface area contributed by atoms with E-state index in [0.717, 1.165) is 11.6 Å². The fraction of sp³-hybridized carbons (Fsp3) is 0.500. The van der Waals surface area contributed by atoms with Crippen LogP contribution in [0, 0.1) is 6.92 Å². The van der Waals surface area contributed by atoms with Gasteiger partial charge in [-0.2, -0.15) is 0 Å². The minimum Gasteiger partial charge on any atom is -0.315 e. The lowest BCUT2D eigenvalue weighted by molar-refractivity contribution is 0.829. The lowest BCUT2D eigenvalue weighted by atomic mass is 10.5. The highest BCUT2D eigenvalue weighted by atomic mass is 35.5. The number of nitrogens with zero attached hydrogens (tertiary/aromatic N) is 1. The molecule has 2 nitrogen and oxygen atoms in total. The predicted octanol–water partition coefficient (Wildman–Crippen LogP) is 1.59. The van der Waals surface area contributed by atoms with Crippen LogP contribution in [0.25, 0.3) is 0 Å². The Hall–Kier alpha value is -0.120. The maximum absolute atomic E-state index is 4.11. The van der Waals surface area contributed by atoms with Crippen LogP contribution in [-0.2, 0) is 6.54 Å². The van der Waals surface area contributed by atoms with Crippen molar-refractivity contribution in [2.45, 2.75) is 13.5 Å². The zero-order valence-corrected chi connectivity index (χ0v) is 7.68. The number of aryl methyl sites for hydroxylation is 1. The van der Waals surface area contributed by atoms with Crippen molar-refractivity contribution in [2.24, 2.45) is 0 Å². The number of hydrogen-bond acceptors (Lipinski definition) is 3. The highest BCUT2D eigenvalue weighted by molar-refractivity contribution is 7.11. The van der Waals surface area contributed by atoms with Crippen LogP contribution in [-0.4, -0.2) is 12.0 Å². The maximum atomic E-state index is 4.11. The maximum Gasteiger partial charge on any atom is 0.0897 e. The highest BCUT2D eigenvalue weighted by Crippen LogP contribution is 2.09. The van der Waals surface area contributed by atoms with Gasteiger partial charge >= 0.3 is 0 Å². The third-order valence-electron chi connectivity index (χ3n) is 1.02. The molecule has 0 atom stereocenters. The molecule has 1 heterocycles. The number of aromatic nitrogens is 1. The number of hydrogen-bond donors (Lipinski definition) is 1. The van der Waals surface area contributed by atoms with Crippen LogP contribution in [0.15, 0.2) is 6.20 Å². The van der Waals surface area contributed by atoms with E-state index in [1.54, 1.807) is 11.3 Å². The van der Waals surface area contributed by atoms with Crippen LogP contribution in [0.4, 0.5) is 0 Å². The van der Waals surface area contributed by atoms with Gasteiger partial charge in [0, 0.05) is 17.6 Å². The molecule has 1 N–H and O–H groups in total. The fourth-order valence-electron chi connectivity index (χ4n) is 0.661. The molecule has 0 saturated carbocycles. The topological polar surface area (TPSA) is 24.9 Å². The van der Waals surface area contributed by atoms with Gasteiger partial charge in [-0.1, -0.05) is 0 Å². The third-order valence-corrected chi connectivity index (χ3v) is 1.93. The van der Waals surface area contributed by atoms with Crippen LogP contribution in [0.2, 0.25) is 0 Å². The Morgan fingerprint density at radius 2 is 2.40 bits per heavy atom. The van der Waals surface area contributed by atoms with Crippen molar-refractivity contribution >= 4 is 23.7 Å². The van der Waals surface area contributed by atoms with E-state index in [9.17, 15) is 0 Å². The molecule has 0 fully saturated rings. The Morgan fingerprint density at radius 1 is 1.70 bits per heavy atom. The third kappa shape index (κ3) is 2.64. The van der Waals surface area contributed by atoms with Crippen LogP contribution in [0.5, 0.6) is 0 Å². The van der Waals surface area contributed by atoms with Crippen molar-refractivity contribution in [3.05, 3.63) is 16.1 Å². The van der Waals surface area contributed by atoms with Gasteiger partial charge in [0.15, 0.2) is 0 Å². The zero-order valence-electron chi connectivity index (χ0n) is 6.05. The molecule has 1 aromatic rings. The predicted molar refractivity (Wildman–Crippen MR) is 46.9 cm³/mol. The van der Waals surface area contributed by atoms with E-state index in [2.05, 4.69) is 10.3 Å². The van der Waals surface area contributed by atoms with Gasteiger partial charge < -0.3 is 5.32 Å². The Bertz CT molecular complexity index is 188. The fourth-order valence-corrected chi connectivity index (χ4v) is 1.47. The molecule has 0 amide bonds. The summed E-state index contributed by atoms with van der Waals surface area (Å²) in [6.07, 6.45) is 1.91. The molecule has 1 aromatic heterocycles. The second-order valence-corrected chi connectivity index (χ2v) is 3.20. The van der Waals surface area contributed by atoms with E-state index in [1.165, 1.54) is 4.88 Å². The summed E-state index contributed by atoms with van der Waals surface area (Å²) in [5.41, 5.74) is 0. The van der Waals surface area contributed by atoms with Crippen molar-refractivity contribution in [1.29, 1.82) is 0 Å². The normalized spacial score (nSPS) is 9.00. The largest absolute Gasteiger partial charge is 0.315 e. The Labute approximate surface area is 71.1 Å². The molecule has 4 heteroatoms. The van der Waals surface area contributed by atoms with E-state index >= 15 is 0 Å². The molecule has 0 aliphatic rings. The molecule has 0 saturated heterocycles. The second kappa shape index (κ2) is 4.66. The van der Waals surface area contributed by atoms with E-state index in [-0.39, 0.29) is 12.4 Å². The molecule has 10 heavy (non-hydrogen) atoms. The first kappa shape index (κ1) is 9.88. The Morgan fingerprint density at radius 3 is 2.80 bits per heavy atom. The molecule has 0 aliphatic heterocycles. The van der Waals surface area contributed by atoms with Crippen molar-refractivity contribution < 1.29 is 0 Å². The summed E-state index contributed by atoms with van der Waals surface area (Å²) >= 11 is 1.74. The number of thiazole rings is 1. The molecule has 0 spiro atoms. The van der Waals surface area contributed by atoms with Gasteiger partial charge in [-0.15, -0.1) is 23.7 Å². The van der Waals surface area contributed by atoms with Gasteiger partial charge in [0.05, 0.1) is 5.01 Å². The smallest absolute Gasteiger partial charge is 0.0897 e. The summed E-state index contributed by atoms with van der Waals surface area (Å²) < 4.78 is 0. The number of nitrogens with one attached hydrogen (secondary N) is 1. The first-order chi connectivity index (χ1) is 4.33. The van der Waals surface area contributed by atoms with Gasteiger partial charge in [0.25, 0.3) is 0 Å². The van der Waals surface area contributed by atoms with E-state index in [4.69, 9.17) is 0 Å². The van der Waals surface area contributed by atoms with Crippen molar-refractivity contribution in [3.63, 3.8) is 0 Å². The van der Waals surface area contributed by atoms with Crippen LogP contribution < -0.4 is 5.32 Å². The molecule has 0 radical (unpaired) electrons. The van der Waals surface area contributed by atoms with Crippen molar-refractivity contribution in [2.75, 3.05) is 7.05 Å². The number of rotatable bonds is 2. The monoisotopic (exact) mass is 178 g/mol. The van der Waals surface area contributed by atoms with E-state index in [1.807, 2.05) is 20.2 Å².